The third-order valence-corrected chi connectivity index (χ3v) is 8.83. The summed E-state index contributed by atoms with van der Waals surface area (Å²) >= 11 is 0. The molecule has 2 aromatic heterocycles. The molecule has 0 radical (unpaired) electrons. The molecular formula is C31H34FN5O4S. The number of benzene rings is 2. The molecule has 4 aromatic rings. The summed E-state index contributed by atoms with van der Waals surface area (Å²) in [6.45, 7) is 8.35. The third kappa shape index (κ3) is 4.93. The van der Waals surface area contributed by atoms with E-state index in [1.54, 1.807) is 4.90 Å². The smallest absolute Gasteiger partial charge is 0.410 e. The largest absolute Gasteiger partial charge is 0.444 e. The van der Waals surface area contributed by atoms with E-state index in [1.807, 2.05) is 69.0 Å². The first kappa shape index (κ1) is 28.3. The molecule has 0 N–H and O–H groups in total. The molecular weight excluding hydrogens is 557 g/mol. The molecule has 2 aliphatic heterocycles. The molecule has 2 bridgehead atoms. The second-order valence-electron chi connectivity index (χ2n) is 12.1. The van der Waals surface area contributed by atoms with E-state index >= 15 is 4.39 Å². The second-order valence-corrected chi connectivity index (χ2v) is 14.0. The maximum Gasteiger partial charge on any atom is 0.410 e. The first-order valence-corrected chi connectivity index (χ1v) is 16.1. The highest BCUT2D eigenvalue weighted by molar-refractivity contribution is 7.90. The number of ether oxygens (including phenoxy) is 1. The minimum Gasteiger partial charge on any atom is -0.444 e. The zero-order valence-electron chi connectivity index (χ0n) is 24.4. The van der Waals surface area contributed by atoms with Crippen molar-refractivity contribution in [3.8, 4) is 11.3 Å². The lowest BCUT2D eigenvalue weighted by Crippen LogP contribution is -2.57. The van der Waals surface area contributed by atoms with Crippen LogP contribution in [0.3, 0.4) is 0 Å². The summed E-state index contributed by atoms with van der Waals surface area (Å²) in [7, 11) is -3.87. The van der Waals surface area contributed by atoms with E-state index in [4.69, 9.17) is 4.74 Å². The standard InChI is InChI=1S/C31H34FN5O4S/c1-6-18-9-7-10-19-11-8-12-22(24(18)19)26-25(32)27-23(15-33-26)28(35-29(34-27)42(5,39)40)36-16-20-13-14-21(17-36)37(20)30(38)41-31(2,3)4/h7-12,15,20-21H,6,13-14,16-17H2,1-5H3. The van der Waals surface area contributed by atoms with Crippen LogP contribution in [-0.2, 0) is 21.0 Å². The molecule has 2 fully saturated rings. The molecule has 6 rings (SSSR count). The van der Waals surface area contributed by atoms with Crippen molar-refractivity contribution >= 4 is 43.4 Å². The van der Waals surface area contributed by atoms with Gasteiger partial charge >= 0.3 is 6.09 Å². The Labute approximate surface area is 244 Å². The topological polar surface area (TPSA) is 106 Å². The van der Waals surface area contributed by atoms with E-state index in [9.17, 15) is 13.2 Å². The molecule has 2 unspecified atom stereocenters. The van der Waals surface area contributed by atoms with Crippen LogP contribution < -0.4 is 4.90 Å². The van der Waals surface area contributed by atoms with Crippen molar-refractivity contribution in [2.45, 2.75) is 69.8 Å². The van der Waals surface area contributed by atoms with Gasteiger partial charge in [0.25, 0.3) is 0 Å². The van der Waals surface area contributed by atoms with Crippen LogP contribution in [0, 0.1) is 5.82 Å². The lowest BCUT2D eigenvalue weighted by molar-refractivity contribution is 0.0123. The number of hydrogen-bond acceptors (Lipinski definition) is 8. The van der Waals surface area contributed by atoms with E-state index < -0.39 is 26.4 Å². The first-order valence-electron chi connectivity index (χ1n) is 14.2. The van der Waals surface area contributed by atoms with E-state index in [1.165, 1.54) is 6.20 Å². The summed E-state index contributed by atoms with van der Waals surface area (Å²) in [5.74, 6) is -0.402. The Morgan fingerprint density at radius 3 is 2.36 bits per heavy atom. The number of fused-ring (bicyclic) bond motifs is 4. The van der Waals surface area contributed by atoms with Gasteiger partial charge in [-0.1, -0.05) is 43.3 Å². The zero-order chi connectivity index (χ0) is 30.0. The lowest BCUT2D eigenvalue weighted by Gasteiger charge is -2.42. The number of anilines is 1. The molecule has 4 heterocycles. The molecule has 0 saturated carbocycles. The minimum atomic E-state index is -3.87. The molecule has 0 spiro atoms. The highest BCUT2D eigenvalue weighted by atomic mass is 32.2. The highest BCUT2D eigenvalue weighted by Crippen LogP contribution is 2.38. The number of hydrogen-bond donors (Lipinski definition) is 0. The van der Waals surface area contributed by atoms with Gasteiger partial charge in [-0.2, -0.15) is 0 Å². The van der Waals surface area contributed by atoms with Gasteiger partial charge < -0.3 is 9.64 Å². The fourth-order valence-electron chi connectivity index (χ4n) is 6.22. The highest BCUT2D eigenvalue weighted by Gasteiger charge is 2.45. The summed E-state index contributed by atoms with van der Waals surface area (Å²) < 4.78 is 47.5. The predicted molar refractivity (Wildman–Crippen MR) is 160 cm³/mol. The average Bonchev–Trinajstić information content (AvgIpc) is 3.20. The number of pyridine rings is 1. The van der Waals surface area contributed by atoms with Gasteiger partial charge in [-0.25, -0.2) is 27.6 Å². The quantitative estimate of drug-likeness (QED) is 0.285. The number of piperazine rings is 1. The van der Waals surface area contributed by atoms with Crippen molar-refractivity contribution in [3.05, 3.63) is 54.0 Å². The van der Waals surface area contributed by atoms with E-state index in [0.717, 1.165) is 41.9 Å². The van der Waals surface area contributed by atoms with Gasteiger partial charge in [0.15, 0.2) is 5.82 Å². The normalized spacial score (nSPS) is 19.1. The molecule has 1 amide bonds. The van der Waals surface area contributed by atoms with Crippen molar-refractivity contribution < 1.29 is 22.3 Å². The van der Waals surface area contributed by atoms with Crippen LogP contribution in [0.25, 0.3) is 32.9 Å². The zero-order valence-corrected chi connectivity index (χ0v) is 25.2. The number of amides is 1. The van der Waals surface area contributed by atoms with E-state index in [-0.39, 0.29) is 29.4 Å². The molecule has 2 aliphatic rings. The van der Waals surface area contributed by atoms with Crippen LogP contribution in [0.1, 0.15) is 46.1 Å². The van der Waals surface area contributed by atoms with E-state index in [2.05, 4.69) is 15.0 Å². The average molecular weight is 592 g/mol. The molecule has 2 aromatic carbocycles. The molecule has 2 atom stereocenters. The Kier molecular flexibility index (Phi) is 6.83. The van der Waals surface area contributed by atoms with Crippen molar-refractivity contribution in [2.24, 2.45) is 0 Å². The van der Waals surface area contributed by atoms with Gasteiger partial charge in [0, 0.05) is 31.1 Å². The first-order chi connectivity index (χ1) is 19.9. The van der Waals surface area contributed by atoms with Crippen LogP contribution in [-0.4, -0.2) is 71.4 Å². The van der Waals surface area contributed by atoms with Crippen LogP contribution in [0.4, 0.5) is 15.0 Å². The number of sulfone groups is 1. The number of aryl methyl sites for hydroxylation is 1. The fourth-order valence-corrected chi connectivity index (χ4v) is 6.73. The van der Waals surface area contributed by atoms with Gasteiger partial charge in [0.05, 0.1) is 17.5 Å². The predicted octanol–water partition coefficient (Wildman–Crippen LogP) is 5.54. The Hall–Kier alpha value is -3.86. The summed E-state index contributed by atoms with van der Waals surface area (Å²) in [6, 6.07) is 11.3. The number of halogens is 1. The van der Waals surface area contributed by atoms with Gasteiger partial charge in [0.2, 0.25) is 15.0 Å². The van der Waals surface area contributed by atoms with E-state index in [0.29, 0.717) is 29.9 Å². The van der Waals surface area contributed by atoms with Crippen LogP contribution in [0.15, 0.2) is 47.8 Å². The van der Waals surface area contributed by atoms with Crippen molar-refractivity contribution in [3.63, 3.8) is 0 Å². The maximum atomic E-state index is 16.5. The maximum absolute atomic E-state index is 16.5. The molecule has 220 valence electrons. The molecule has 9 nitrogen and oxygen atoms in total. The van der Waals surface area contributed by atoms with Crippen molar-refractivity contribution in [2.75, 3.05) is 24.2 Å². The Morgan fingerprint density at radius 1 is 1.07 bits per heavy atom. The van der Waals surface area contributed by atoms with Crippen molar-refractivity contribution in [1.29, 1.82) is 0 Å². The van der Waals surface area contributed by atoms with Crippen molar-refractivity contribution in [1.82, 2.24) is 19.9 Å². The summed E-state index contributed by atoms with van der Waals surface area (Å²) in [5, 5.41) is 1.74. The molecule has 0 aliphatic carbocycles. The lowest BCUT2D eigenvalue weighted by atomic mass is 9.95. The summed E-state index contributed by atoms with van der Waals surface area (Å²) in [6.07, 6.45) is 4.49. The van der Waals surface area contributed by atoms with Crippen LogP contribution in [0.2, 0.25) is 0 Å². The number of carbonyl (C=O) groups excluding carboxylic acids is 1. The molecule has 42 heavy (non-hydrogen) atoms. The Bertz CT molecular complexity index is 1820. The Balaban J connectivity index is 1.47. The van der Waals surface area contributed by atoms with Crippen LogP contribution >= 0.6 is 0 Å². The van der Waals surface area contributed by atoms with Crippen LogP contribution in [0.5, 0.6) is 0 Å². The summed E-state index contributed by atoms with van der Waals surface area (Å²) in [5.41, 5.74) is 1.06. The minimum absolute atomic E-state index is 0.0988. The third-order valence-electron chi connectivity index (χ3n) is 7.99. The number of rotatable bonds is 4. The molecule has 2 saturated heterocycles. The van der Waals surface area contributed by atoms with Gasteiger partial charge in [-0.05, 0) is 56.4 Å². The monoisotopic (exact) mass is 591 g/mol. The van der Waals surface area contributed by atoms with Gasteiger partial charge in [0.1, 0.15) is 22.6 Å². The number of aromatic nitrogens is 3. The molecule has 11 heteroatoms. The SMILES string of the molecule is CCc1cccc2cccc(-c3ncc4c(N5CC6CCC(C5)N6C(=O)OC(C)(C)C)nc(S(C)(=O)=O)nc4c3F)c12. The Morgan fingerprint density at radius 2 is 1.74 bits per heavy atom. The number of carbonyl (C=O) groups is 1. The second kappa shape index (κ2) is 10.1. The fraction of sp³-hybridized carbons (Fsp3) is 0.419. The van der Waals surface area contributed by atoms with Gasteiger partial charge in [-0.15, -0.1) is 0 Å². The summed E-state index contributed by atoms with van der Waals surface area (Å²) in [4.78, 5) is 29.9. The number of nitrogens with zero attached hydrogens (tertiary/aromatic N) is 5. The van der Waals surface area contributed by atoms with Gasteiger partial charge in [-0.3, -0.25) is 9.88 Å².